The van der Waals surface area contributed by atoms with Crippen LogP contribution in [0.3, 0.4) is 0 Å². The first-order valence-corrected chi connectivity index (χ1v) is 5.62. The van der Waals surface area contributed by atoms with Gasteiger partial charge in [0.2, 0.25) is 5.91 Å². The standard InChI is InChI=1S/C13H15NO3/c1-17-12(15)7-11-6-9-4-2-3-5-10(9)8-14-13(11)16/h2-5,11H,6-8H2,1H3,(H,14,16). The number of ether oxygens (including phenoxy) is 1. The number of esters is 1. The highest BCUT2D eigenvalue weighted by Crippen LogP contribution is 2.20. The molecule has 0 radical (unpaired) electrons. The second-order valence-electron chi connectivity index (χ2n) is 4.17. The van der Waals surface area contributed by atoms with E-state index in [1.807, 2.05) is 24.3 Å². The van der Waals surface area contributed by atoms with E-state index < -0.39 is 0 Å². The van der Waals surface area contributed by atoms with Gasteiger partial charge in [-0.25, -0.2) is 0 Å². The lowest BCUT2D eigenvalue weighted by molar-refractivity contribution is -0.144. The first kappa shape index (κ1) is 11.6. The van der Waals surface area contributed by atoms with Crippen LogP contribution in [-0.4, -0.2) is 19.0 Å². The van der Waals surface area contributed by atoms with Crippen molar-refractivity contribution in [3.05, 3.63) is 35.4 Å². The molecule has 1 amide bonds. The van der Waals surface area contributed by atoms with Crippen LogP contribution in [0, 0.1) is 5.92 Å². The Morgan fingerprint density at radius 1 is 1.41 bits per heavy atom. The van der Waals surface area contributed by atoms with Crippen LogP contribution in [0.5, 0.6) is 0 Å². The number of nitrogens with one attached hydrogen (secondary N) is 1. The van der Waals surface area contributed by atoms with Crippen LogP contribution in [0.2, 0.25) is 0 Å². The van der Waals surface area contributed by atoms with Gasteiger partial charge in [0.25, 0.3) is 0 Å². The maximum atomic E-state index is 11.8. The Kier molecular flexibility index (Phi) is 3.42. The molecule has 4 heteroatoms. The molecule has 1 unspecified atom stereocenters. The Bertz CT molecular complexity index is 442. The van der Waals surface area contributed by atoms with Crippen molar-refractivity contribution in [2.45, 2.75) is 19.4 Å². The molecule has 0 fully saturated rings. The molecule has 0 saturated carbocycles. The second kappa shape index (κ2) is 4.99. The van der Waals surface area contributed by atoms with Gasteiger partial charge >= 0.3 is 5.97 Å². The summed E-state index contributed by atoms with van der Waals surface area (Å²) in [5.74, 6) is -0.748. The minimum Gasteiger partial charge on any atom is -0.469 e. The van der Waals surface area contributed by atoms with Crippen LogP contribution in [0.15, 0.2) is 24.3 Å². The van der Waals surface area contributed by atoms with Crippen LogP contribution in [0.25, 0.3) is 0 Å². The summed E-state index contributed by atoms with van der Waals surface area (Å²) in [5, 5.41) is 2.83. The minimum atomic E-state index is -0.343. The number of carbonyl (C=O) groups is 2. The number of hydrogen-bond acceptors (Lipinski definition) is 3. The van der Waals surface area contributed by atoms with E-state index >= 15 is 0 Å². The van der Waals surface area contributed by atoms with Gasteiger partial charge in [0.15, 0.2) is 0 Å². The lowest BCUT2D eigenvalue weighted by atomic mass is 9.94. The Morgan fingerprint density at radius 3 is 2.82 bits per heavy atom. The molecule has 1 atom stereocenters. The minimum absolute atomic E-state index is 0.0772. The SMILES string of the molecule is COC(=O)CC1Cc2ccccc2CNC1=O. The van der Waals surface area contributed by atoms with Crippen LogP contribution in [0.1, 0.15) is 17.5 Å². The number of amides is 1. The third-order valence-corrected chi connectivity index (χ3v) is 3.05. The van der Waals surface area contributed by atoms with Gasteiger partial charge in [-0.05, 0) is 17.5 Å². The maximum Gasteiger partial charge on any atom is 0.306 e. The molecule has 1 aromatic rings. The summed E-state index contributed by atoms with van der Waals surface area (Å²) in [6.07, 6.45) is 0.730. The molecule has 0 aromatic heterocycles. The van der Waals surface area contributed by atoms with E-state index in [1.165, 1.54) is 7.11 Å². The highest BCUT2D eigenvalue weighted by molar-refractivity contribution is 5.84. The maximum absolute atomic E-state index is 11.8. The van der Waals surface area contributed by atoms with Crippen molar-refractivity contribution >= 4 is 11.9 Å². The van der Waals surface area contributed by atoms with Crippen molar-refractivity contribution < 1.29 is 14.3 Å². The van der Waals surface area contributed by atoms with Gasteiger partial charge < -0.3 is 10.1 Å². The van der Waals surface area contributed by atoms with Crippen LogP contribution < -0.4 is 5.32 Å². The summed E-state index contributed by atoms with van der Waals surface area (Å²) >= 11 is 0. The van der Waals surface area contributed by atoms with Gasteiger partial charge in [-0.1, -0.05) is 24.3 Å². The van der Waals surface area contributed by atoms with Crippen molar-refractivity contribution in [1.82, 2.24) is 5.32 Å². The molecule has 0 saturated heterocycles. The Labute approximate surface area is 100.0 Å². The third-order valence-electron chi connectivity index (χ3n) is 3.05. The molecule has 2 rings (SSSR count). The molecule has 0 bridgehead atoms. The third kappa shape index (κ3) is 2.64. The Morgan fingerprint density at radius 2 is 2.12 bits per heavy atom. The summed E-state index contributed by atoms with van der Waals surface area (Å²) in [5.41, 5.74) is 2.24. The first-order valence-electron chi connectivity index (χ1n) is 5.62. The predicted molar refractivity (Wildman–Crippen MR) is 62.1 cm³/mol. The highest BCUT2D eigenvalue weighted by Gasteiger charge is 2.26. The van der Waals surface area contributed by atoms with Crippen molar-refractivity contribution in [1.29, 1.82) is 0 Å². The second-order valence-corrected chi connectivity index (χ2v) is 4.17. The first-order chi connectivity index (χ1) is 8.20. The molecule has 90 valence electrons. The van der Waals surface area contributed by atoms with Gasteiger partial charge in [0.05, 0.1) is 19.4 Å². The molecule has 1 heterocycles. The van der Waals surface area contributed by atoms with Gasteiger partial charge in [-0.2, -0.15) is 0 Å². The fraction of sp³-hybridized carbons (Fsp3) is 0.385. The number of carbonyl (C=O) groups excluding carboxylic acids is 2. The van der Waals surface area contributed by atoms with E-state index in [0.29, 0.717) is 13.0 Å². The number of hydrogen-bond donors (Lipinski definition) is 1. The van der Waals surface area contributed by atoms with Crippen LogP contribution in [-0.2, 0) is 27.3 Å². The van der Waals surface area contributed by atoms with Crippen LogP contribution >= 0.6 is 0 Å². The Balaban J connectivity index is 2.18. The number of fused-ring (bicyclic) bond motifs is 1. The summed E-state index contributed by atoms with van der Waals surface area (Å²) in [7, 11) is 1.34. The van der Waals surface area contributed by atoms with Gasteiger partial charge in [-0.3, -0.25) is 9.59 Å². The summed E-state index contributed by atoms with van der Waals surface area (Å²) < 4.78 is 4.61. The zero-order valence-corrected chi connectivity index (χ0v) is 9.73. The topological polar surface area (TPSA) is 55.4 Å². The Hall–Kier alpha value is -1.84. The smallest absolute Gasteiger partial charge is 0.306 e. The largest absolute Gasteiger partial charge is 0.469 e. The normalized spacial score (nSPS) is 18.9. The molecule has 1 aliphatic rings. The van der Waals surface area contributed by atoms with Gasteiger partial charge in [0.1, 0.15) is 0 Å². The molecule has 17 heavy (non-hydrogen) atoms. The molecule has 4 nitrogen and oxygen atoms in total. The molecule has 1 aromatic carbocycles. The van der Waals surface area contributed by atoms with Gasteiger partial charge in [-0.15, -0.1) is 0 Å². The average Bonchev–Trinajstić information content (AvgIpc) is 2.50. The number of benzene rings is 1. The lowest BCUT2D eigenvalue weighted by Crippen LogP contribution is -2.30. The zero-order valence-electron chi connectivity index (χ0n) is 9.73. The molecular weight excluding hydrogens is 218 g/mol. The monoisotopic (exact) mass is 233 g/mol. The van der Waals surface area contributed by atoms with E-state index in [9.17, 15) is 9.59 Å². The highest BCUT2D eigenvalue weighted by atomic mass is 16.5. The number of methoxy groups -OCH3 is 1. The predicted octanol–water partition coefficient (Wildman–Crippen LogP) is 1.04. The van der Waals surface area contributed by atoms with E-state index in [4.69, 9.17) is 0 Å². The molecular formula is C13H15NO3. The molecule has 0 aliphatic carbocycles. The quantitative estimate of drug-likeness (QED) is 0.776. The lowest BCUT2D eigenvalue weighted by Gasteiger charge is -2.11. The summed E-state index contributed by atoms with van der Waals surface area (Å²) in [6, 6.07) is 7.89. The van der Waals surface area contributed by atoms with E-state index in [1.54, 1.807) is 0 Å². The zero-order chi connectivity index (χ0) is 12.3. The molecule has 0 spiro atoms. The van der Waals surface area contributed by atoms with E-state index in [0.717, 1.165) is 11.1 Å². The molecule has 1 N–H and O–H groups in total. The van der Waals surface area contributed by atoms with E-state index in [2.05, 4.69) is 10.1 Å². The number of rotatable bonds is 2. The fourth-order valence-corrected chi connectivity index (χ4v) is 2.06. The van der Waals surface area contributed by atoms with Gasteiger partial charge in [0, 0.05) is 6.54 Å². The summed E-state index contributed by atoms with van der Waals surface area (Å²) in [6.45, 7) is 0.534. The van der Waals surface area contributed by atoms with Crippen molar-refractivity contribution in [3.8, 4) is 0 Å². The van der Waals surface area contributed by atoms with E-state index in [-0.39, 0.29) is 24.2 Å². The van der Waals surface area contributed by atoms with Crippen LogP contribution in [0.4, 0.5) is 0 Å². The fourth-order valence-electron chi connectivity index (χ4n) is 2.06. The van der Waals surface area contributed by atoms with Crippen molar-refractivity contribution in [2.75, 3.05) is 7.11 Å². The average molecular weight is 233 g/mol. The molecule has 1 aliphatic heterocycles. The van der Waals surface area contributed by atoms with Crippen molar-refractivity contribution in [3.63, 3.8) is 0 Å². The van der Waals surface area contributed by atoms with Crippen molar-refractivity contribution in [2.24, 2.45) is 5.92 Å². The summed E-state index contributed by atoms with van der Waals surface area (Å²) in [4.78, 5) is 23.1.